The van der Waals surface area contributed by atoms with E-state index >= 15 is 0 Å². The van der Waals surface area contributed by atoms with Crippen LogP contribution in [-0.4, -0.2) is 45.0 Å². The molecule has 1 aliphatic heterocycles. The van der Waals surface area contributed by atoms with Crippen molar-refractivity contribution in [2.45, 2.75) is 19.9 Å². The van der Waals surface area contributed by atoms with E-state index in [4.69, 9.17) is 4.99 Å². The van der Waals surface area contributed by atoms with E-state index in [2.05, 4.69) is 69.6 Å². The fourth-order valence-electron chi connectivity index (χ4n) is 3.53. The van der Waals surface area contributed by atoms with E-state index < -0.39 is 0 Å². The van der Waals surface area contributed by atoms with Crippen molar-refractivity contribution in [3.63, 3.8) is 0 Å². The van der Waals surface area contributed by atoms with Gasteiger partial charge in [-0.3, -0.25) is 4.57 Å². The molecule has 0 fully saturated rings. The molecule has 0 aliphatic carbocycles. The Hall–Kier alpha value is -3.41. The maximum absolute atomic E-state index is 4.90. The SMILES string of the molecule is CCNC(=NCc1cccnc1-n1ccnc1)N1CC=C(c2ccccc2)CC1. The molecule has 2 aromatic heterocycles. The van der Waals surface area contributed by atoms with Crippen LogP contribution in [0.1, 0.15) is 24.5 Å². The highest BCUT2D eigenvalue weighted by Gasteiger charge is 2.16. The van der Waals surface area contributed by atoms with Gasteiger partial charge in [0.2, 0.25) is 0 Å². The summed E-state index contributed by atoms with van der Waals surface area (Å²) in [5.41, 5.74) is 3.79. The Kier molecular flexibility index (Phi) is 6.00. The van der Waals surface area contributed by atoms with E-state index in [1.54, 1.807) is 18.7 Å². The number of nitrogens with one attached hydrogen (secondary N) is 1. The lowest BCUT2D eigenvalue weighted by Gasteiger charge is -2.30. The van der Waals surface area contributed by atoms with Crippen molar-refractivity contribution in [1.82, 2.24) is 24.8 Å². The lowest BCUT2D eigenvalue weighted by molar-refractivity contribution is 0.440. The third kappa shape index (κ3) is 4.54. The van der Waals surface area contributed by atoms with Gasteiger partial charge in [-0.25, -0.2) is 15.0 Å². The standard InChI is InChI=1S/C23H26N6/c1-2-25-23(28-14-10-20(11-15-28)19-7-4-3-5-8-19)27-17-21-9-6-12-26-22(21)29-16-13-24-18-29/h3-10,12-13,16,18H,2,11,14-15,17H2,1H3,(H,25,27). The Morgan fingerprint density at radius 1 is 1.14 bits per heavy atom. The van der Waals surface area contributed by atoms with Gasteiger partial charge in [-0.05, 0) is 30.5 Å². The van der Waals surface area contributed by atoms with Gasteiger partial charge in [0.15, 0.2) is 5.96 Å². The van der Waals surface area contributed by atoms with E-state index in [1.807, 2.05) is 16.8 Å². The summed E-state index contributed by atoms with van der Waals surface area (Å²) in [6.07, 6.45) is 10.6. The van der Waals surface area contributed by atoms with Gasteiger partial charge in [-0.1, -0.05) is 42.5 Å². The molecule has 0 radical (unpaired) electrons. The zero-order valence-electron chi connectivity index (χ0n) is 16.7. The van der Waals surface area contributed by atoms with Crippen LogP contribution in [0.4, 0.5) is 0 Å². The molecular formula is C23H26N6. The predicted molar refractivity (Wildman–Crippen MR) is 117 cm³/mol. The number of nitrogens with zero attached hydrogens (tertiary/aromatic N) is 5. The average Bonchev–Trinajstić information content (AvgIpc) is 3.32. The van der Waals surface area contributed by atoms with Crippen LogP contribution in [0.15, 0.2) is 78.5 Å². The van der Waals surface area contributed by atoms with Crippen molar-refractivity contribution < 1.29 is 0 Å². The number of pyridine rings is 1. The van der Waals surface area contributed by atoms with Crippen LogP contribution in [0.2, 0.25) is 0 Å². The van der Waals surface area contributed by atoms with E-state index in [0.717, 1.165) is 43.4 Å². The number of aliphatic imine (C=N–C) groups is 1. The summed E-state index contributed by atoms with van der Waals surface area (Å²) in [6.45, 7) is 5.32. The molecule has 0 amide bonds. The minimum Gasteiger partial charge on any atom is -0.356 e. The highest BCUT2D eigenvalue weighted by atomic mass is 15.3. The first-order valence-corrected chi connectivity index (χ1v) is 10.0. The van der Waals surface area contributed by atoms with Gasteiger partial charge < -0.3 is 10.2 Å². The van der Waals surface area contributed by atoms with Gasteiger partial charge >= 0.3 is 0 Å². The van der Waals surface area contributed by atoms with Crippen molar-refractivity contribution >= 4 is 11.5 Å². The van der Waals surface area contributed by atoms with Crippen molar-refractivity contribution in [1.29, 1.82) is 0 Å². The monoisotopic (exact) mass is 386 g/mol. The van der Waals surface area contributed by atoms with Crippen molar-refractivity contribution in [2.75, 3.05) is 19.6 Å². The fraction of sp³-hybridized carbons (Fsp3) is 0.261. The van der Waals surface area contributed by atoms with Crippen LogP contribution in [0.25, 0.3) is 11.4 Å². The maximum atomic E-state index is 4.90. The molecule has 1 aliphatic rings. The molecule has 148 valence electrons. The largest absolute Gasteiger partial charge is 0.356 e. The lowest BCUT2D eigenvalue weighted by atomic mass is 10.00. The van der Waals surface area contributed by atoms with Gasteiger partial charge in [0.05, 0.1) is 6.54 Å². The summed E-state index contributed by atoms with van der Waals surface area (Å²) in [7, 11) is 0. The van der Waals surface area contributed by atoms with E-state index in [0.29, 0.717) is 6.54 Å². The first-order valence-electron chi connectivity index (χ1n) is 10.0. The number of hydrogen-bond acceptors (Lipinski definition) is 3. The Morgan fingerprint density at radius 2 is 2.03 bits per heavy atom. The molecule has 1 aromatic carbocycles. The molecule has 6 heteroatoms. The molecule has 4 rings (SSSR count). The second-order valence-electron chi connectivity index (χ2n) is 6.92. The summed E-state index contributed by atoms with van der Waals surface area (Å²) in [6, 6.07) is 14.6. The molecule has 0 bridgehead atoms. The van der Waals surface area contributed by atoms with Crippen LogP contribution in [0.5, 0.6) is 0 Å². The van der Waals surface area contributed by atoms with E-state index in [1.165, 1.54) is 11.1 Å². The van der Waals surface area contributed by atoms with Crippen LogP contribution < -0.4 is 5.32 Å². The Balaban J connectivity index is 1.51. The molecule has 0 spiro atoms. The second kappa shape index (κ2) is 9.19. The summed E-state index contributed by atoms with van der Waals surface area (Å²) < 4.78 is 1.92. The van der Waals surface area contributed by atoms with Crippen molar-refractivity contribution in [3.8, 4) is 5.82 Å². The minimum absolute atomic E-state index is 0.565. The van der Waals surface area contributed by atoms with Gasteiger partial charge in [0, 0.05) is 43.8 Å². The number of imidazole rings is 1. The first kappa shape index (κ1) is 18.9. The molecule has 1 N–H and O–H groups in total. The zero-order valence-corrected chi connectivity index (χ0v) is 16.7. The highest BCUT2D eigenvalue weighted by molar-refractivity contribution is 5.81. The summed E-state index contributed by atoms with van der Waals surface area (Å²) >= 11 is 0. The van der Waals surface area contributed by atoms with Gasteiger partial charge in [0.1, 0.15) is 12.1 Å². The van der Waals surface area contributed by atoms with E-state index in [-0.39, 0.29) is 0 Å². The van der Waals surface area contributed by atoms with Gasteiger partial charge in [-0.2, -0.15) is 0 Å². The van der Waals surface area contributed by atoms with Crippen LogP contribution in [0, 0.1) is 0 Å². The minimum atomic E-state index is 0.565. The van der Waals surface area contributed by atoms with Gasteiger partial charge in [0.25, 0.3) is 0 Å². The van der Waals surface area contributed by atoms with Crippen molar-refractivity contribution in [3.05, 3.63) is 84.6 Å². The summed E-state index contributed by atoms with van der Waals surface area (Å²) in [4.78, 5) is 15.9. The molecule has 0 atom stereocenters. The molecule has 0 saturated carbocycles. The van der Waals surface area contributed by atoms with Gasteiger partial charge in [-0.15, -0.1) is 0 Å². The maximum Gasteiger partial charge on any atom is 0.194 e. The topological polar surface area (TPSA) is 58.3 Å². The normalized spacial score (nSPS) is 14.6. The lowest BCUT2D eigenvalue weighted by Crippen LogP contribution is -2.43. The Bertz CT molecular complexity index is 976. The molecule has 3 heterocycles. The summed E-state index contributed by atoms with van der Waals surface area (Å²) in [5, 5.41) is 3.44. The Morgan fingerprint density at radius 3 is 2.76 bits per heavy atom. The third-order valence-electron chi connectivity index (χ3n) is 5.00. The van der Waals surface area contributed by atoms with E-state index in [9.17, 15) is 0 Å². The number of rotatable bonds is 5. The second-order valence-corrected chi connectivity index (χ2v) is 6.92. The first-order chi connectivity index (χ1) is 14.3. The molecule has 29 heavy (non-hydrogen) atoms. The molecule has 0 saturated heterocycles. The third-order valence-corrected chi connectivity index (χ3v) is 5.00. The average molecular weight is 387 g/mol. The number of guanidine groups is 1. The number of aromatic nitrogens is 3. The predicted octanol–water partition coefficient (Wildman–Crippen LogP) is 3.52. The summed E-state index contributed by atoms with van der Waals surface area (Å²) in [5.74, 6) is 1.81. The highest BCUT2D eigenvalue weighted by Crippen LogP contribution is 2.22. The molecule has 6 nitrogen and oxygen atoms in total. The Labute approximate surface area is 171 Å². The fourth-order valence-corrected chi connectivity index (χ4v) is 3.53. The molecule has 3 aromatic rings. The molecule has 0 unspecified atom stereocenters. The number of benzene rings is 1. The van der Waals surface area contributed by atoms with Crippen LogP contribution in [-0.2, 0) is 6.54 Å². The zero-order chi connectivity index (χ0) is 19.9. The van der Waals surface area contributed by atoms with Crippen molar-refractivity contribution in [2.24, 2.45) is 4.99 Å². The number of hydrogen-bond donors (Lipinski definition) is 1. The van der Waals surface area contributed by atoms with Crippen LogP contribution in [0.3, 0.4) is 0 Å². The quantitative estimate of drug-likeness (QED) is 0.538. The van der Waals surface area contributed by atoms with Crippen LogP contribution >= 0.6 is 0 Å². The molecular weight excluding hydrogens is 360 g/mol. The smallest absolute Gasteiger partial charge is 0.194 e.